The Morgan fingerprint density at radius 1 is 0.236 bits per heavy atom. The van der Waals surface area contributed by atoms with Gasteiger partial charge in [0.15, 0.2) is 11.2 Å². The molecular weight excluding hydrogens is 881 g/mol. The van der Waals surface area contributed by atoms with E-state index in [1.165, 1.54) is 97.7 Å². The van der Waals surface area contributed by atoms with Gasteiger partial charge in [-0.05, 0) is 72.8 Å². The van der Waals surface area contributed by atoms with Crippen molar-refractivity contribution < 1.29 is 8.83 Å². The van der Waals surface area contributed by atoms with Crippen molar-refractivity contribution in [3.05, 3.63) is 206 Å². The first-order valence-corrected chi connectivity index (χ1v) is 24.8. The lowest BCUT2D eigenvalue weighted by Crippen LogP contribution is -1.94. The lowest BCUT2D eigenvalue weighted by molar-refractivity contribution is 0.666. The number of fused-ring (bicyclic) bond motifs is 26. The molecular formula is C66H34N4O2. The SMILES string of the molecule is c1ccc2c(c1)oc1c(-n3c4ccccc4c4c5c6ccccc6n6c7cc8c9cc%10c(c%11ccccc%11n%10-c%10cccc%11c%10oc%10ccccc%10%11)c%10c%11ccccc%11n(c8cc7c(cc43)c56)c9%10)cccc12. The Morgan fingerprint density at radius 2 is 0.583 bits per heavy atom. The third-order valence-electron chi connectivity index (χ3n) is 16.6. The number of rotatable bonds is 2. The molecule has 0 radical (unpaired) electrons. The van der Waals surface area contributed by atoms with Gasteiger partial charge in [0.25, 0.3) is 0 Å². The molecule has 0 aliphatic heterocycles. The third kappa shape index (κ3) is 4.05. The van der Waals surface area contributed by atoms with Crippen molar-refractivity contribution in [1.82, 2.24) is 17.9 Å². The summed E-state index contributed by atoms with van der Waals surface area (Å²) in [6.07, 6.45) is 0. The minimum Gasteiger partial charge on any atom is -0.454 e. The van der Waals surface area contributed by atoms with Crippen LogP contribution in [0.25, 0.3) is 175 Å². The average Bonchev–Trinajstić information content (AvgIpc) is 4.32. The first-order chi connectivity index (χ1) is 35.8. The van der Waals surface area contributed by atoms with E-state index in [9.17, 15) is 0 Å². The van der Waals surface area contributed by atoms with Gasteiger partial charge in [-0.25, -0.2) is 0 Å². The summed E-state index contributed by atoms with van der Waals surface area (Å²) in [5.41, 5.74) is 17.6. The van der Waals surface area contributed by atoms with Crippen LogP contribution < -0.4 is 0 Å². The van der Waals surface area contributed by atoms with E-state index in [0.717, 1.165) is 77.3 Å². The van der Waals surface area contributed by atoms with Gasteiger partial charge in [-0.15, -0.1) is 0 Å². The minimum atomic E-state index is 0.891. The Morgan fingerprint density at radius 3 is 1.03 bits per heavy atom. The summed E-state index contributed by atoms with van der Waals surface area (Å²) in [4.78, 5) is 0. The van der Waals surface area contributed by atoms with Gasteiger partial charge < -0.3 is 26.8 Å². The highest BCUT2D eigenvalue weighted by Gasteiger charge is 2.29. The van der Waals surface area contributed by atoms with E-state index >= 15 is 0 Å². The lowest BCUT2D eigenvalue weighted by Gasteiger charge is -2.09. The van der Waals surface area contributed by atoms with E-state index in [4.69, 9.17) is 8.83 Å². The molecule has 72 heavy (non-hydrogen) atoms. The number of hydrogen-bond acceptors (Lipinski definition) is 2. The van der Waals surface area contributed by atoms with Crippen LogP contribution in [0.2, 0.25) is 0 Å². The highest BCUT2D eigenvalue weighted by atomic mass is 16.3. The molecule has 0 fully saturated rings. The largest absolute Gasteiger partial charge is 0.454 e. The molecule has 330 valence electrons. The molecule has 0 amide bonds. The fourth-order valence-corrected chi connectivity index (χ4v) is 13.8. The summed E-state index contributed by atoms with van der Waals surface area (Å²) in [6.45, 7) is 0. The van der Waals surface area contributed by atoms with Gasteiger partial charge in [-0.2, -0.15) is 0 Å². The van der Waals surface area contributed by atoms with E-state index in [2.05, 4.69) is 224 Å². The van der Waals surface area contributed by atoms with Crippen molar-refractivity contribution in [2.75, 3.05) is 0 Å². The maximum atomic E-state index is 6.78. The molecule has 19 rings (SSSR count). The molecule has 0 N–H and O–H groups in total. The van der Waals surface area contributed by atoms with E-state index < -0.39 is 0 Å². The second kappa shape index (κ2) is 12.3. The Balaban J connectivity index is 0.997. The zero-order chi connectivity index (χ0) is 46.2. The molecule has 6 nitrogen and oxygen atoms in total. The predicted octanol–water partition coefficient (Wildman–Crippen LogP) is 18.0. The standard InChI is InChI=1S/C66H34N4O2/c1-7-23-47-39(17-1)59-55(67(47)51-27-13-21-37-35-15-5-11-29-57(35)71-65(37)51)33-45-43-31-54-44(32-53(43)69-49-25-9-3-19-41(49)61(59)63(45)69)46-34-56-60(62-42-20-4-10-26-50(42)70(54)64(46)62)40-18-2-8-24-48(40)68(56)52-28-14-22-38-36-16-6-12-30-58(36)72-66(38)52/h1-34H. The van der Waals surface area contributed by atoms with Crippen LogP contribution in [0.4, 0.5) is 0 Å². The first-order valence-electron chi connectivity index (χ1n) is 24.8. The summed E-state index contributed by atoms with van der Waals surface area (Å²) in [7, 11) is 0. The van der Waals surface area contributed by atoms with Gasteiger partial charge in [0.1, 0.15) is 11.2 Å². The van der Waals surface area contributed by atoms with Crippen LogP contribution in [0.5, 0.6) is 0 Å². The van der Waals surface area contributed by atoms with Crippen LogP contribution in [-0.4, -0.2) is 17.9 Å². The maximum absolute atomic E-state index is 6.78. The Kier molecular flexibility index (Phi) is 6.20. The molecule has 6 heteroatoms. The summed E-state index contributed by atoms with van der Waals surface area (Å²) in [6, 6.07) is 75.7. The lowest BCUT2D eigenvalue weighted by atomic mass is 10.0. The van der Waals surface area contributed by atoms with Gasteiger partial charge in [0.05, 0.1) is 66.5 Å². The van der Waals surface area contributed by atoms with Crippen molar-refractivity contribution in [2.24, 2.45) is 0 Å². The number of furan rings is 2. The molecule has 0 aliphatic carbocycles. The van der Waals surface area contributed by atoms with Gasteiger partial charge in [0, 0.05) is 86.2 Å². The minimum absolute atomic E-state index is 0.891. The molecule has 0 unspecified atom stereocenters. The second-order valence-electron chi connectivity index (χ2n) is 19.9. The second-order valence-corrected chi connectivity index (χ2v) is 19.9. The van der Waals surface area contributed by atoms with Crippen molar-refractivity contribution in [3.8, 4) is 11.4 Å². The van der Waals surface area contributed by atoms with Crippen LogP contribution in [-0.2, 0) is 0 Å². The van der Waals surface area contributed by atoms with Crippen LogP contribution in [0.3, 0.4) is 0 Å². The van der Waals surface area contributed by atoms with Gasteiger partial charge in [-0.3, -0.25) is 0 Å². The van der Waals surface area contributed by atoms with E-state index in [1.807, 2.05) is 0 Å². The van der Waals surface area contributed by atoms with Crippen LogP contribution in [0, 0.1) is 0 Å². The quantitative estimate of drug-likeness (QED) is 0.173. The van der Waals surface area contributed by atoms with Crippen molar-refractivity contribution in [3.63, 3.8) is 0 Å². The Bertz CT molecular complexity index is 5300. The molecule has 0 saturated carbocycles. The number of aromatic nitrogens is 4. The van der Waals surface area contributed by atoms with Crippen molar-refractivity contribution in [1.29, 1.82) is 0 Å². The molecule has 8 aromatic heterocycles. The Labute approximate surface area is 406 Å². The molecule has 0 aliphatic rings. The summed E-state index contributed by atoms with van der Waals surface area (Å²) >= 11 is 0. The number of para-hydroxylation sites is 8. The van der Waals surface area contributed by atoms with E-state index in [-0.39, 0.29) is 0 Å². The van der Waals surface area contributed by atoms with Gasteiger partial charge in [-0.1, -0.05) is 133 Å². The van der Waals surface area contributed by atoms with E-state index in [1.54, 1.807) is 0 Å². The Hall–Kier alpha value is -9.78. The number of benzene rings is 11. The highest BCUT2D eigenvalue weighted by Crippen LogP contribution is 2.52. The normalized spacial score (nSPS) is 13.0. The number of hydrogen-bond donors (Lipinski definition) is 0. The molecule has 0 spiro atoms. The van der Waals surface area contributed by atoms with Gasteiger partial charge in [0.2, 0.25) is 0 Å². The number of nitrogens with zero attached hydrogens (tertiary/aromatic N) is 4. The molecule has 8 heterocycles. The molecule has 0 atom stereocenters. The average molecular weight is 915 g/mol. The van der Waals surface area contributed by atoms with Crippen molar-refractivity contribution >= 4 is 164 Å². The zero-order valence-electron chi connectivity index (χ0n) is 38.2. The fraction of sp³-hybridized carbons (Fsp3) is 0. The van der Waals surface area contributed by atoms with Crippen LogP contribution in [0.15, 0.2) is 215 Å². The summed E-state index contributed by atoms with van der Waals surface area (Å²) in [5, 5.41) is 19.4. The molecule has 19 aromatic rings. The fourth-order valence-electron chi connectivity index (χ4n) is 13.8. The highest BCUT2D eigenvalue weighted by molar-refractivity contribution is 6.39. The monoisotopic (exact) mass is 914 g/mol. The first kappa shape index (κ1) is 36.2. The predicted molar refractivity (Wildman–Crippen MR) is 299 cm³/mol. The molecule has 0 bridgehead atoms. The van der Waals surface area contributed by atoms with Gasteiger partial charge >= 0.3 is 0 Å². The third-order valence-corrected chi connectivity index (χ3v) is 16.6. The van der Waals surface area contributed by atoms with E-state index in [0.29, 0.717) is 0 Å². The molecule has 11 aromatic carbocycles. The summed E-state index contributed by atoms with van der Waals surface area (Å²) in [5.74, 6) is 0. The smallest absolute Gasteiger partial charge is 0.159 e. The van der Waals surface area contributed by atoms with Crippen LogP contribution >= 0.6 is 0 Å². The maximum Gasteiger partial charge on any atom is 0.159 e. The zero-order valence-corrected chi connectivity index (χ0v) is 38.2. The summed E-state index contributed by atoms with van der Waals surface area (Å²) < 4.78 is 23.6. The van der Waals surface area contributed by atoms with Crippen LogP contribution in [0.1, 0.15) is 0 Å². The van der Waals surface area contributed by atoms with Crippen molar-refractivity contribution in [2.45, 2.75) is 0 Å². The topological polar surface area (TPSA) is 45.0 Å². The molecule has 0 saturated heterocycles.